The number of nitrogens with one attached hydrogen (secondary N) is 1. The molecule has 0 aromatic heterocycles. The standard InChI is InChI=1S/C15H22N2O2S/c1-2-19-14-12(7-5-8-13(14)16)15(18)17-10-11-6-3-4-9-20-11/h5,7-8,11H,2-4,6,9-10,16H2,1H3,(H,17,18). The molecular weight excluding hydrogens is 272 g/mol. The predicted octanol–water partition coefficient (Wildman–Crippen LogP) is 2.68. The molecule has 1 unspecified atom stereocenters. The van der Waals surface area contributed by atoms with Crippen molar-refractivity contribution in [2.75, 3.05) is 24.6 Å². The zero-order chi connectivity index (χ0) is 14.4. The number of hydrogen-bond acceptors (Lipinski definition) is 4. The molecule has 1 heterocycles. The minimum atomic E-state index is -0.105. The molecule has 1 fully saturated rings. The van der Waals surface area contributed by atoms with Crippen LogP contribution in [0.1, 0.15) is 36.5 Å². The highest BCUT2D eigenvalue weighted by molar-refractivity contribution is 7.99. The Kier molecular flexibility index (Phi) is 5.59. The van der Waals surface area contributed by atoms with Gasteiger partial charge in [-0.1, -0.05) is 12.5 Å². The average Bonchev–Trinajstić information content (AvgIpc) is 2.48. The first-order valence-corrected chi connectivity index (χ1v) is 8.18. The SMILES string of the molecule is CCOc1c(N)cccc1C(=O)NCC1CCCCS1. The summed E-state index contributed by atoms with van der Waals surface area (Å²) in [6.07, 6.45) is 3.73. The predicted molar refractivity (Wildman–Crippen MR) is 84.5 cm³/mol. The second-order valence-electron chi connectivity index (χ2n) is 4.86. The molecule has 1 aliphatic heterocycles. The van der Waals surface area contributed by atoms with Gasteiger partial charge in [0.05, 0.1) is 17.9 Å². The molecule has 110 valence electrons. The maximum absolute atomic E-state index is 12.3. The Morgan fingerprint density at radius 1 is 1.50 bits per heavy atom. The van der Waals surface area contributed by atoms with E-state index >= 15 is 0 Å². The molecule has 0 saturated carbocycles. The highest BCUT2D eigenvalue weighted by Crippen LogP contribution is 2.27. The third kappa shape index (κ3) is 3.82. The normalized spacial score (nSPS) is 18.6. The van der Waals surface area contributed by atoms with Crippen molar-refractivity contribution < 1.29 is 9.53 Å². The van der Waals surface area contributed by atoms with E-state index in [1.807, 2.05) is 18.7 Å². The van der Waals surface area contributed by atoms with Gasteiger partial charge in [0.1, 0.15) is 0 Å². The Labute approximate surface area is 124 Å². The first-order chi connectivity index (χ1) is 9.72. The summed E-state index contributed by atoms with van der Waals surface area (Å²) in [5, 5.41) is 3.53. The summed E-state index contributed by atoms with van der Waals surface area (Å²) in [6.45, 7) is 3.09. The van der Waals surface area contributed by atoms with E-state index in [9.17, 15) is 4.79 Å². The van der Waals surface area contributed by atoms with Crippen LogP contribution in [0.5, 0.6) is 5.75 Å². The van der Waals surface area contributed by atoms with Gasteiger partial charge in [-0.25, -0.2) is 0 Å². The van der Waals surface area contributed by atoms with Crippen molar-refractivity contribution in [3.63, 3.8) is 0 Å². The molecule has 2 rings (SSSR count). The number of nitrogens with two attached hydrogens (primary N) is 1. The summed E-state index contributed by atoms with van der Waals surface area (Å²) in [5.74, 6) is 1.58. The lowest BCUT2D eigenvalue weighted by Gasteiger charge is -2.21. The van der Waals surface area contributed by atoms with Crippen molar-refractivity contribution in [3.8, 4) is 5.75 Å². The minimum absolute atomic E-state index is 0.105. The summed E-state index contributed by atoms with van der Waals surface area (Å²) in [6, 6.07) is 5.28. The second-order valence-corrected chi connectivity index (χ2v) is 6.26. The van der Waals surface area contributed by atoms with Crippen LogP contribution < -0.4 is 15.8 Å². The molecule has 20 heavy (non-hydrogen) atoms. The summed E-state index contributed by atoms with van der Waals surface area (Å²) in [4.78, 5) is 12.3. The van der Waals surface area contributed by atoms with Crippen molar-refractivity contribution in [1.82, 2.24) is 5.32 Å². The fraction of sp³-hybridized carbons (Fsp3) is 0.533. The van der Waals surface area contributed by atoms with E-state index in [1.165, 1.54) is 25.0 Å². The van der Waals surface area contributed by atoms with Crippen LogP contribution in [0, 0.1) is 0 Å². The number of carbonyl (C=O) groups is 1. The molecule has 3 N–H and O–H groups in total. The summed E-state index contributed by atoms with van der Waals surface area (Å²) in [5.41, 5.74) is 6.90. The van der Waals surface area contributed by atoms with Crippen molar-refractivity contribution in [2.45, 2.75) is 31.4 Å². The number of amides is 1. The lowest BCUT2D eigenvalue weighted by atomic mass is 10.1. The first-order valence-electron chi connectivity index (χ1n) is 7.13. The Hall–Kier alpha value is -1.36. The highest BCUT2D eigenvalue weighted by atomic mass is 32.2. The zero-order valence-electron chi connectivity index (χ0n) is 11.9. The quantitative estimate of drug-likeness (QED) is 0.820. The van der Waals surface area contributed by atoms with Gasteiger partial charge in [-0.3, -0.25) is 4.79 Å². The molecule has 0 radical (unpaired) electrons. The maximum Gasteiger partial charge on any atom is 0.255 e. The molecule has 4 nitrogen and oxygen atoms in total. The molecule has 1 aromatic rings. The molecule has 0 aliphatic carbocycles. The largest absolute Gasteiger partial charge is 0.491 e. The smallest absolute Gasteiger partial charge is 0.255 e. The van der Waals surface area contributed by atoms with E-state index < -0.39 is 0 Å². The molecular formula is C15H22N2O2S. The van der Waals surface area contributed by atoms with Crippen LogP contribution in [-0.4, -0.2) is 30.1 Å². The third-order valence-corrected chi connectivity index (χ3v) is 4.74. The number of nitrogen functional groups attached to an aromatic ring is 1. The molecule has 1 saturated heterocycles. The van der Waals surface area contributed by atoms with Crippen molar-refractivity contribution in [1.29, 1.82) is 0 Å². The van der Waals surface area contributed by atoms with Crippen LogP contribution >= 0.6 is 11.8 Å². The van der Waals surface area contributed by atoms with Gasteiger partial charge in [0.2, 0.25) is 0 Å². The minimum Gasteiger partial charge on any atom is -0.491 e. The third-order valence-electron chi connectivity index (χ3n) is 3.34. The zero-order valence-corrected chi connectivity index (χ0v) is 12.7. The molecule has 1 aromatic carbocycles. The summed E-state index contributed by atoms with van der Waals surface area (Å²) in [7, 11) is 0. The van der Waals surface area contributed by atoms with E-state index in [0.29, 0.717) is 35.4 Å². The number of para-hydroxylation sites is 1. The summed E-state index contributed by atoms with van der Waals surface area (Å²) >= 11 is 1.95. The van der Waals surface area contributed by atoms with Gasteiger partial charge < -0.3 is 15.8 Å². The molecule has 0 bridgehead atoms. The lowest BCUT2D eigenvalue weighted by Crippen LogP contribution is -2.32. The fourth-order valence-corrected chi connectivity index (χ4v) is 3.55. The number of rotatable bonds is 5. The molecule has 1 atom stereocenters. The number of thioether (sulfide) groups is 1. The lowest BCUT2D eigenvalue weighted by molar-refractivity contribution is 0.0949. The van der Waals surface area contributed by atoms with Crippen molar-refractivity contribution >= 4 is 23.4 Å². The van der Waals surface area contributed by atoms with Crippen LogP contribution in [0.15, 0.2) is 18.2 Å². The molecule has 0 spiro atoms. The van der Waals surface area contributed by atoms with E-state index in [4.69, 9.17) is 10.5 Å². The van der Waals surface area contributed by atoms with E-state index in [1.54, 1.807) is 18.2 Å². The number of benzene rings is 1. The monoisotopic (exact) mass is 294 g/mol. The Balaban J connectivity index is 1.99. The van der Waals surface area contributed by atoms with E-state index in [2.05, 4.69) is 5.32 Å². The summed E-state index contributed by atoms with van der Waals surface area (Å²) < 4.78 is 5.49. The van der Waals surface area contributed by atoms with E-state index in [-0.39, 0.29) is 5.91 Å². The van der Waals surface area contributed by atoms with Crippen LogP contribution in [-0.2, 0) is 0 Å². The second kappa shape index (κ2) is 7.43. The average molecular weight is 294 g/mol. The first kappa shape index (κ1) is 15.0. The Bertz CT molecular complexity index is 459. The van der Waals surface area contributed by atoms with Crippen LogP contribution in [0.3, 0.4) is 0 Å². The van der Waals surface area contributed by atoms with Crippen molar-refractivity contribution in [3.05, 3.63) is 23.8 Å². The van der Waals surface area contributed by atoms with Gasteiger partial charge in [-0.15, -0.1) is 0 Å². The van der Waals surface area contributed by atoms with Gasteiger partial charge in [0, 0.05) is 11.8 Å². The van der Waals surface area contributed by atoms with Gasteiger partial charge >= 0.3 is 0 Å². The number of ether oxygens (including phenoxy) is 1. The van der Waals surface area contributed by atoms with Gasteiger partial charge in [0.25, 0.3) is 5.91 Å². The topological polar surface area (TPSA) is 64.3 Å². The highest BCUT2D eigenvalue weighted by Gasteiger charge is 2.18. The maximum atomic E-state index is 12.3. The molecule has 5 heteroatoms. The van der Waals surface area contributed by atoms with Crippen molar-refractivity contribution in [2.24, 2.45) is 0 Å². The molecule has 1 aliphatic rings. The van der Waals surface area contributed by atoms with E-state index in [0.717, 1.165) is 0 Å². The Morgan fingerprint density at radius 3 is 3.05 bits per heavy atom. The van der Waals surface area contributed by atoms with Gasteiger partial charge in [0.15, 0.2) is 5.75 Å². The number of hydrogen-bond donors (Lipinski definition) is 2. The van der Waals surface area contributed by atoms with Crippen LogP contribution in [0.4, 0.5) is 5.69 Å². The number of anilines is 1. The Morgan fingerprint density at radius 2 is 2.35 bits per heavy atom. The fourth-order valence-electron chi connectivity index (χ4n) is 2.31. The number of carbonyl (C=O) groups excluding carboxylic acids is 1. The van der Waals surface area contributed by atoms with Gasteiger partial charge in [-0.2, -0.15) is 11.8 Å². The van der Waals surface area contributed by atoms with Gasteiger partial charge in [-0.05, 0) is 37.7 Å². The molecule has 1 amide bonds. The van der Waals surface area contributed by atoms with Crippen LogP contribution in [0.25, 0.3) is 0 Å². The van der Waals surface area contributed by atoms with Crippen LogP contribution in [0.2, 0.25) is 0 Å².